The Morgan fingerprint density at radius 1 is 0.605 bits per heavy atom. The van der Waals surface area contributed by atoms with E-state index in [9.17, 15) is 38.4 Å². The molecule has 0 fully saturated rings. The van der Waals surface area contributed by atoms with Crippen molar-refractivity contribution in [2.24, 2.45) is 11.8 Å². The van der Waals surface area contributed by atoms with Gasteiger partial charge in [-0.3, -0.25) is 38.4 Å². The van der Waals surface area contributed by atoms with Crippen molar-refractivity contribution in [3.05, 3.63) is 0 Å². The third kappa shape index (κ3) is 12.8. The summed E-state index contributed by atoms with van der Waals surface area (Å²) in [5.74, 6) is -9.43. The molecule has 4 amide bonds. The molecule has 0 saturated heterocycles. The van der Waals surface area contributed by atoms with E-state index < -0.39 is 109 Å². The van der Waals surface area contributed by atoms with E-state index in [4.69, 9.17) is 15.3 Å². The van der Waals surface area contributed by atoms with E-state index in [2.05, 4.69) is 21.3 Å². The number of amides is 4. The van der Waals surface area contributed by atoms with E-state index >= 15 is 0 Å². The highest BCUT2D eigenvalue weighted by Gasteiger charge is 2.34. The molecule has 7 N–H and O–H groups in total. The molecule has 0 spiro atoms. The Morgan fingerprint density at radius 3 is 1.50 bits per heavy atom. The summed E-state index contributed by atoms with van der Waals surface area (Å²) in [7, 11) is 0. The van der Waals surface area contributed by atoms with Crippen LogP contribution in [0.4, 0.5) is 0 Å². The maximum atomic E-state index is 13.0. The first-order chi connectivity index (χ1) is 17.5. The second-order valence-electron chi connectivity index (χ2n) is 9.29. The summed E-state index contributed by atoms with van der Waals surface area (Å²) in [5.41, 5.74) is 0. The number of Topliss-reactive ketones (excluding diaryl/α,β-unsaturated/α-hetero) is 1. The fourth-order valence-electron chi connectivity index (χ4n) is 3.29. The Labute approximate surface area is 219 Å². The number of carboxylic acids is 3. The highest BCUT2D eigenvalue weighted by molar-refractivity contribution is 5.97. The molecule has 4 atom stereocenters. The molecule has 0 radical (unpaired) electrons. The van der Waals surface area contributed by atoms with Gasteiger partial charge in [-0.25, -0.2) is 0 Å². The van der Waals surface area contributed by atoms with E-state index in [0.29, 0.717) is 0 Å². The summed E-state index contributed by atoms with van der Waals surface area (Å²) in [6, 6.07) is -5.78. The first-order valence-electron chi connectivity index (χ1n) is 11.8. The standard InChI is InChI=1S/C23H36N4O11/c1-10(2)19(23(38)26-14(8-17(31)32)20(35)11(3)4)27-21(36)13(6-7-16(29)30)25-22(37)15(9-18(33)34)24-12(5)28/h10-11,13-15,19H,6-9H2,1-5H3,(H,24,28)(H,25,37)(H,26,38)(H,27,36)(H,29,30)(H,31,32)(H,33,34). The molecule has 0 aromatic heterocycles. The Balaban J connectivity index is 5.85. The van der Waals surface area contributed by atoms with Gasteiger partial charge in [-0.15, -0.1) is 0 Å². The molecule has 214 valence electrons. The van der Waals surface area contributed by atoms with Crippen molar-refractivity contribution >= 4 is 47.3 Å². The van der Waals surface area contributed by atoms with Crippen LogP contribution in [-0.2, 0) is 38.4 Å². The topological polar surface area (TPSA) is 245 Å². The highest BCUT2D eigenvalue weighted by Crippen LogP contribution is 2.09. The van der Waals surface area contributed by atoms with Gasteiger partial charge in [0.1, 0.15) is 18.1 Å². The van der Waals surface area contributed by atoms with Gasteiger partial charge in [0.25, 0.3) is 0 Å². The molecule has 0 rings (SSSR count). The van der Waals surface area contributed by atoms with Crippen LogP contribution in [0.1, 0.15) is 60.3 Å². The number of rotatable bonds is 17. The highest BCUT2D eigenvalue weighted by atomic mass is 16.4. The largest absolute Gasteiger partial charge is 0.481 e. The van der Waals surface area contributed by atoms with Crippen molar-refractivity contribution in [1.29, 1.82) is 0 Å². The first kappa shape index (κ1) is 34.0. The molecule has 0 bridgehead atoms. The zero-order chi connectivity index (χ0) is 29.7. The molecule has 0 aliphatic carbocycles. The molecule has 15 heteroatoms. The molecular formula is C23H36N4O11. The SMILES string of the molecule is CC(=O)NC(CC(=O)O)C(=O)NC(CCC(=O)O)C(=O)NC(C(=O)NC(CC(=O)O)C(=O)C(C)C)C(C)C. The lowest BCUT2D eigenvalue weighted by Crippen LogP contribution is -2.59. The molecule has 0 heterocycles. The number of carbonyl (C=O) groups excluding carboxylic acids is 5. The number of carbonyl (C=O) groups is 8. The lowest BCUT2D eigenvalue weighted by atomic mass is 9.97. The van der Waals surface area contributed by atoms with E-state index in [1.807, 2.05) is 0 Å². The molecule has 0 aliphatic heterocycles. The predicted molar refractivity (Wildman–Crippen MR) is 129 cm³/mol. The van der Waals surface area contributed by atoms with E-state index in [1.165, 1.54) is 13.8 Å². The maximum absolute atomic E-state index is 13.0. The Bertz CT molecular complexity index is 916. The van der Waals surface area contributed by atoms with Crippen LogP contribution in [0, 0.1) is 11.8 Å². The van der Waals surface area contributed by atoms with Crippen LogP contribution in [0.15, 0.2) is 0 Å². The molecule has 0 aromatic rings. The summed E-state index contributed by atoms with van der Waals surface area (Å²) in [5, 5.41) is 36.2. The fourth-order valence-corrected chi connectivity index (χ4v) is 3.29. The predicted octanol–water partition coefficient (Wildman–Crippen LogP) is -1.36. The number of aliphatic carboxylic acids is 3. The molecule has 0 saturated carbocycles. The molecule has 0 aliphatic rings. The average molecular weight is 545 g/mol. The van der Waals surface area contributed by atoms with Crippen molar-refractivity contribution in [3.8, 4) is 0 Å². The second kappa shape index (κ2) is 15.9. The van der Waals surface area contributed by atoms with Crippen LogP contribution < -0.4 is 21.3 Å². The van der Waals surface area contributed by atoms with Crippen molar-refractivity contribution < 1.29 is 53.7 Å². The molecular weight excluding hydrogens is 508 g/mol. The minimum Gasteiger partial charge on any atom is -0.481 e. The van der Waals surface area contributed by atoms with Gasteiger partial charge >= 0.3 is 17.9 Å². The van der Waals surface area contributed by atoms with E-state index in [0.717, 1.165) is 6.92 Å². The zero-order valence-electron chi connectivity index (χ0n) is 21.9. The number of hydrogen-bond acceptors (Lipinski definition) is 8. The van der Waals surface area contributed by atoms with Gasteiger partial charge in [-0.05, 0) is 12.3 Å². The first-order valence-corrected chi connectivity index (χ1v) is 11.8. The van der Waals surface area contributed by atoms with E-state index in [1.54, 1.807) is 13.8 Å². The Kier molecular flexibility index (Phi) is 14.2. The third-order valence-corrected chi connectivity index (χ3v) is 5.21. The Morgan fingerprint density at radius 2 is 1.08 bits per heavy atom. The molecule has 0 aromatic carbocycles. The zero-order valence-corrected chi connectivity index (χ0v) is 21.9. The number of carboxylic acid groups (broad SMARTS) is 3. The fraction of sp³-hybridized carbons (Fsp3) is 0.652. The summed E-state index contributed by atoms with van der Waals surface area (Å²) < 4.78 is 0. The summed E-state index contributed by atoms with van der Waals surface area (Å²) in [6.45, 7) is 7.19. The minimum atomic E-state index is -1.56. The van der Waals surface area contributed by atoms with Gasteiger partial charge in [-0.2, -0.15) is 0 Å². The van der Waals surface area contributed by atoms with Gasteiger partial charge in [-0.1, -0.05) is 27.7 Å². The lowest BCUT2D eigenvalue weighted by Gasteiger charge is -2.28. The normalized spacial score (nSPS) is 14.0. The van der Waals surface area contributed by atoms with Gasteiger partial charge in [0.05, 0.1) is 18.9 Å². The van der Waals surface area contributed by atoms with Gasteiger partial charge in [0.15, 0.2) is 5.78 Å². The summed E-state index contributed by atoms with van der Waals surface area (Å²) >= 11 is 0. The second-order valence-corrected chi connectivity index (χ2v) is 9.29. The van der Waals surface area contributed by atoms with Crippen LogP contribution in [0.5, 0.6) is 0 Å². The van der Waals surface area contributed by atoms with Crippen LogP contribution in [-0.4, -0.2) is 86.8 Å². The Hall–Kier alpha value is -4.04. The van der Waals surface area contributed by atoms with Crippen molar-refractivity contribution in [2.75, 3.05) is 0 Å². The third-order valence-electron chi connectivity index (χ3n) is 5.21. The summed E-state index contributed by atoms with van der Waals surface area (Å²) in [6.07, 6.45) is -2.52. The summed E-state index contributed by atoms with van der Waals surface area (Å²) in [4.78, 5) is 95.7. The molecule has 4 unspecified atom stereocenters. The van der Waals surface area contributed by atoms with Gasteiger partial charge < -0.3 is 36.6 Å². The number of nitrogens with one attached hydrogen (secondary N) is 4. The van der Waals surface area contributed by atoms with Gasteiger partial charge in [0.2, 0.25) is 23.6 Å². The molecule has 38 heavy (non-hydrogen) atoms. The van der Waals surface area contributed by atoms with Crippen LogP contribution in [0.25, 0.3) is 0 Å². The number of ketones is 1. The molecule has 15 nitrogen and oxygen atoms in total. The lowest BCUT2D eigenvalue weighted by molar-refractivity contribution is -0.142. The minimum absolute atomic E-state index is 0.438. The smallest absolute Gasteiger partial charge is 0.305 e. The van der Waals surface area contributed by atoms with Crippen LogP contribution in [0.2, 0.25) is 0 Å². The van der Waals surface area contributed by atoms with Crippen LogP contribution in [0.3, 0.4) is 0 Å². The average Bonchev–Trinajstić information content (AvgIpc) is 2.76. The monoisotopic (exact) mass is 544 g/mol. The van der Waals surface area contributed by atoms with Crippen molar-refractivity contribution in [2.45, 2.75) is 84.5 Å². The van der Waals surface area contributed by atoms with Crippen LogP contribution >= 0.6 is 0 Å². The maximum Gasteiger partial charge on any atom is 0.305 e. The van der Waals surface area contributed by atoms with Crippen molar-refractivity contribution in [3.63, 3.8) is 0 Å². The van der Waals surface area contributed by atoms with Gasteiger partial charge in [0, 0.05) is 19.3 Å². The quantitative estimate of drug-likeness (QED) is 0.113. The van der Waals surface area contributed by atoms with Crippen molar-refractivity contribution in [1.82, 2.24) is 21.3 Å². The number of hydrogen-bond donors (Lipinski definition) is 7. The van der Waals surface area contributed by atoms with E-state index in [-0.39, 0.29) is 0 Å².